The van der Waals surface area contributed by atoms with Crippen LogP contribution in [0.25, 0.3) is 22.3 Å². The van der Waals surface area contributed by atoms with Crippen molar-refractivity contribution < 1.29 is 0 Å². The minimum Gasteiger partial charge on any atom is -0.339 e. The van der Waals surface area contributed by atoms with Crippen molar-refractivity contribution >= 4 is 22.6 Å². The summed E-state index contributed by atoms with van der Waals surface area (Å²) >= 11 is 6.18. The van der Waals surface area contributed by atoms with Crippen LogP contribution in [0.1, 0.15) is 26.3 Å². The Morgan fingerprint density at radius 3 is 2.35 bits per heavy atom. The first-order valence-corrected chi connectivity index (χ1v) is 7.07. The highest BCUT2D eigenvalue weighted by atomic mass is 35.5. The molecule has 0 aliphatic heterocycles. The third-order valence-electron chi connectivity index (χ3n) is 3.54. The van der Waals surface area contributed by atoms with E-state index in [1.165, 1.54) is 5.56 Å². The molecule has 0 atom stereocenters. The zero-order chi connectivity index (χ0) is 14.3. The number of rotatable bonds is 1. The normalized spacial score (nSPS) is 12.0. The molecule has 0 saturated carbocycles. The molecule has 3 aromatic rings. The number of aromatic nitrogens is 2. The van der Waals surface area contributed by atoms with Crippen molar-refractivity contribution in [2.75, 3.05) is 0 Å². The van der Waals surface area contributed by atoms with Crippen molar-refractivity contribution in [3.63, 3.8) is 0 Å². The van der Waals surface area contributed by atoms with Crippen LogP contribution in [0.4, 0.5) is 0 Å². The van der Waals surface area contributed by atoms with Gasteiger partial charge in [0.15, 0.2) is 0 Å². The van der Waals surface area contributed by atoms with E-state index in [4.69, 9.17) is 11.6 Å². The Morgan fingerprint density at radius 2 is 1.75 bits per heavy atom. The summed E-state index contributed by atoms with van der Waals surface area (Å²) in [5.41, 5.74) is 4.51. The molecular formula is C17H17ClN2. The summed E-state index contributed by atoms with van der Waals surface area (Å²) in [4.78, 5) is 7.62. The van der Waals surface area contributed by atoms with E-state index in [0.717, 1.165) is 27.3 Å². The van der Waals surface area contributed by atoms with Crippen LogP contribution in [0.2, 0.25) is 5.02 Å². The Labute approximate surface area is 123 Å². The summed E-state index contributed by atoms with van der Waals surface area (Å²) in [6.45, 7) is 6.65. The van der Waals surface area contributed by atoms with Gasteiger partial charge in [0.25, 0.3) is 0 Å². The predicted molar refractivity (Wildman–Crippen MR) is 85.2 cm³/mol. The van der Waals surface area contributed by atoms with Gasteiger partial charge in [-0.25, -0.2) is 4.98 Å². The van der Waals surface area contributed by atoms with Gasteiger partial charge in [0.1, 0.15) is 5.65 Å². The zero-order valence-corrected chi connectivity index (χ0v) is 12.6. The predicted octanol–water partition coefficient (Wildman–Crippen LogP) is 5.18. The standard InChI is InChI=1S/C17H17ClN2/c1-17(2,3)12-6-4-11(5-7-12)15-10-13-14(18)8-9-19-16(13)20-15/h4-10H,1-3H3,(H,19,20). The molecule has 3 heteroatoms. The third-order valence-corrected chi connectivity index (χ3v) is 3.87. The van der Waals surface area contributed by atoms with Crippen molar-refractivity contribution in [2.24, 2.45) is 0 Å². The van der Waals surface area contributed by atoms with Gasteiger partial charge in [0.2, 0.25) is 0 Å². The summed E-state index contributed by atoms with van der Waals surface area (Å²) in [5, 5.41) is 1.69. The Balaban J connectivity index is 2.05. The zero-order valence-electron chi connectivity index (χ0n) is 11.9. The lowest BCUT2D eigenvalue weighted by Gasteiger charge is -2.18. The van der Waals surface area contributed by atoms with Crippen LogP contribution in [0.15, 0.2) is 42.6 Å². The number of halogens is 1. The van der Waals surface area contributed by atoms with Gasteiger partial charge in [-0.05, 0) is 28.7 Å². The number of H-pyrrole nitrogens is 1. The van der Waals surface area contributed by atoms with Gasteiger partial charge < -0.3 is 4.98 Å². The molecule has 0 unspecified atom stereocenters. The van der Waals surface area contributed by atoms with E-state index in [1.54, 1.807) is 6.20 Å². The van der Waals surface area contributed by atoms with Crippen LogP contribution >= 0.6 is 11.6 Å². The molecule has 1 aromatic carbocycles. The molecule has 0 bridgehead atoms. The molecule has 0 radical (unpaired) electrons. The second kappa shape index (κ2) is 4.64. The molecule has 0 saturated heterocycles. The molecule has 20 heavy (non-hydrogen) atoms. The van der Waals surface area contributed by atoms with E-state index in [1.807, 2.05) is 6.07 Å². The minimum absolute atomic E-state index is 0.170. The first-order valence-electron chi connectivity index (χ1n) is 6.69. The average Bonchev–Trinajstić information content (AvgIpc) is 2.83. The number of benzene rings is 1. The molecule has 102 valence electrons. The first-order chi connectivity index (χ1) is 9.45. The minimum atomic E-state index is 0.170. The summed E-state index contributed by atoms with van der Waals surface area (Å²) in [6, 6.07) is 12.5. The average molecular weight is 285 g/mol. The number of fused-ring (bicyclic) bond motifs is 1. The topological polar surface area (TPSA) is 28.7 Å². The molecule has 0 fully saturated rings. The van der Waals surface area contributed by atoms with Gasteiger partial charge in [0, 0.05) is 17.3 Å². The first kappa shape index (κ1) is 13.2. The lowest BCUT2D eigenvalue weighted by molar-refractivity contribution is 0.590. The highest BCUT2D eigenvalue weighted by Crippen LogP contribution is 2.29. The molecule has 2 aromatic heterocycles. The van der Waals surface area contributed by atoms with Crippen molar-refractivity contribution in [2.45, 2.75) is 26.2 Å². The lowest BCUT2D eigenvalue weighted by Crippen LogP contribution is -2.10. The fraction of sp³-hybridized carbons (Fsp3) is 0.235. The number of nitrogens with zero attached hydrogens (tertiary/aromatic N) is 1. The van der Waals surface area contributed by atoms with E-state index in [9.17, 15) is 0 Å². The van der Waals surface area contributed by atoms with Crippen molar-refractivity contribution in [3.8, 4) is 11.3 Å². The second-order valence-corrected chi connectivity index (χ2v) is 6.47. The third kappa shape index (κ3) is 2.32. The Hall–Kier alpha value is -1.80. The highest BCUT2D eigenvalue weighted by molar-refractivity contribution is 6.35. The van der Waals surface area contributed by atoms with Crippen LogP contribution in [0.3, 0.4) is 0 Å². The van der Waals surface area contributed by atoms with E-state index in [-0.39, 0.29) is 5.41 Å². The molecule has 0 spiro atoms. The molecular weight excluding hydrogens is 268 g/mol. The quantitative estimate of drug-likeness (QED) is 0.655. The molecule has 0 aliphatic carbocycles. The second-order valence-electron chi connectivity index (χ2n) is 6.07. The Bertz CT molecular complexity index is 749. The van der Waals surface area contributed by atoms with E-state index < -0.39 is 0 Å². The molecule has 2 heterocycles. The number of aromatic amines is 1. The van der Waals surface area contributed by atoms with Crippen molar-refractivity contribution in [1.29, 1.82) is 0 Å². The molecule has 3 rings (SSSR count). The van der Waals surface area contributed by atoms with Gasteiger partial charge in [-0.2, -0.15) is 0 Å². The fourth-order valence-corrected chi connectivity index (χ4v) is 2.50. The SMILES string of the molecule is CC(C)(C)c1ccc(-c2cc3c(Cl)ccnc3[nH]2)cc1. The van der Waals surface area contributed by atoms with Crippen LogP contribution in [-0.2, 0) is 5.41 Å². The monoisotopic (exact) mass is 284 g/mol. The molecule has 0 aliphatic rings. The fourth-order valence-electron chi connectivity index (χ4n) is 2.30. The van der Waals surface area contributed by atoms with Gasteiger partial charge in [-0.1, -0.05) is 56.6 Å². The largest absolute Gasteiger partial charge is 0.339 e. The number of hydrogen-bond donors (Lipinski definition) is 1. The Morgan fingerprint density at radius 1 is 1.05 bits per heavy atom. The number of pyridine rings is 1. The maximum Gasteiger partial charge on any atom is 0.139 e. The summed E-state index contributed by atoms with van der Waals surface area (Å²) in [7, 11) is 0. The van der Waals surface area contributed by atoms with Crippen LogP contribution < -0.4 is 0 Å². The van der Waals surface area contributed by atoms with Crippen molar-refractivity contribution in [3.05, 3.63) is 53.2 Å². The van der Waals surface area contributed by atoms with Crippen LogP contribution in [-0.4, -0.2) is 9.97 Å². The maximum absolute atomic E-state index is 6.18. The summed E-state index contributed by atoms with van der Waals surface area (Å²) in [5.74, 6) is 0. The van der Waals surface area contributed by atoms with E-state index in [0.29, 0.717) is 0 Å². The lowest BCUT2D eigenvalue weighted by atomic mass is 9.86. The Kier molecular flexibility index (Phi) is 3.06. The highest BCUT2D eigenvalue weighted by Gasteiger charge is 2.13. The van der Waals surface area contributed by atoms with Gasteiger partial charge in [0.05, 0.1) is 5.02 Å². The molecule has 0 amide bonds. The van der Waals surface area contributed by atoms with E-state index >= 15 is 0 Å². The van der Waals surface area contributed by atoms with Crippen molar-refractivity contribution in [1.82, 2.24) is 9.97 Å². The smallest absolute Gasteiger partial charge is 0.139 e. The van der Waals surface area contributed by atoms with Crippen LogP contribution in [0.5, 0.6) is 0 Å². The number of nitrogens with one attached hydrogen (secondary N) is 1. The summed E-state index contributed by atoms with van der Waals surface area (Å²) < 4.78 is 0. The van der Waals surface area contributed by atoms with Gasteiger partial charge >= 0.3 is 0 Å². The maximum atomic E-state index is 6.18. The molecule has 1 N–H and O–H groups in total. The molecule has 2 nitrogen and oxygen atoms in total. The number of hydrogen-bond acceptors (Lipinski definition) is 1. The summed E-state index contributed by atoms with van der Waals surface area (Å²) in [6.07, 6.45) is 1.72. The van der Waals surface area contributed by atoms with E-state index in [2.05, 4.69) is 61.1 Å². The van der Waals surface area contributed by atoms with Crippen LogP contribution in [0, 0.1) is 0 Å². The van der Waals surface area contributed by atoms with Gasteiger partial charge in [-0.15, -0.1) is 0 Å². The van der Waals surface area contributed by atoms with Gasteiger partial charge in [-0.3, -0.25) is 0 Å².